The summed E-state index contributed by atoms with van der Waals surface area (Å²) in [5.41, 5.74) is 1.14. The maximum atomic E-state index is 12.4. The van der Waals surface area contributed by atoms with Gasteiger partial charge >= 0.3 is 0 Å². The predicted molar refractivity (Wildman–Crippen MR) is 97.3 cm³/mol. The van der Waals surface area contributed by atoms with Gasteiger partial charge in [0.15, 0.2) is 11.5 Å². The molecule has 0 bridgehead atoms. The van der Waals surface area contributed by atoms with Crippen LogP contribution in [0.2, 0.25) is 0 Å². The van der Waals surface area contributed by atoms with Crippen LogP contribution in [0.1, 0.15) is 25.3 Å². The number of benzene rings is 1. The smallest absolute Gasteiger partial charge is 0.237 e. The summed E-state index contributed by atoms with van der Waals surface area (Å²) in [7, 11) is 1.99. The number of carbonyl (C=O) groups excluding carboxylic acids is 1. The molecule has 6 heteroatoms. The predicted octanol–water partition coefficient (Wildman–Crippen LogP) is 1.19. The molecule has 1 saturated heterocycles. The SMILES string of the molecule is CNC1CCCN(C(C)C(=O)NCCc2ccc3c(c2)OCCO3)C1. The molecule has 25 heavy (non-hydrogen) atoms. The van der Waals surface area contributed by atoms with E-state index in [1.807, 2.05) is 32.2 Å². The van der Waals surface area contributed by atoms with Gasteiger partial charge in [0.2, 0.25) is 5.91 Å². The summed E-state index contributed by atoms with van der Waals surface area (Å²) in [6, 6.07) is 6.38. The Morgan fingerprint density at radius 1 is 1.32 bits per heavy atom. The molecular weight excluding hydrogens is 318 g/mol. The Kier molecular flexibility index (Phi) is 6.15. The molecular formula is C19H29N3O3. The molecule has 0 aliphatic carbocycles. The van der Waals surface area contributed by atoms with Crippen molar-refractivity contribution < 1.29 is 14.3 Å². The first kappa shape index (κ1) is 18.0. The van der Waals surface area contributed by atoms with E-state index in [9.17, 15) is 4.79 Å². The van der Waals surface area contributed by atoms with Crippen molar-refractivity contribution in [3.63, 3.8) is 0 Å². The summed E-state index contributed by atoms with van der Waals surface area (Å²) in [6.07, 6.45) is 3.11. The highest BCUT2D eigenvalue weighted by atomic mass is 16.6. The average molecular weight is 347 g/mol. The van der Waals surface area contributed by atoms with Crippen molar-refractivity contribution in [2.75, 3.05) is 39.9 Å². The minimum atomic E-state index is -0.0867. The number of hydrogen-bond donors (Lipinski definition) is 2. The fraction of sp³-hybridized carbons (Fsp3) is 0.632. The fourth-order valence-electron chi connectivity index (χ4n) is 3.48. The van der Waals surface area contributed by atoms with Crippen LogP contribution in [0.3, 0.4) is 0 Å². The van der Waals surface area contributed by atoms with Gasteiger partial charge in [-0.05, 0) is 57.5 Å². The van der Waals surface area contributed by atoms with E-state index in [-0.39, 0.29) is 11.9 Å². The molecule has 2 aliphatic rings. The van der Waals surface area contributed by atoms with Gasteiger partial charge in [0, 0.05) is 19.1 Å². The third kappa shape index (κ3) is 4.64. The number of carbonyl (C=O) groups is 1. The van der Waals surface area contributed by atoms with Crippen LogP contribution in [0.15, 0.2) is 18.2 Å². The molecule has 0 radical (unpaired) electrons. The van der Waals surface area contributed by atoms with E-state index in [2.05, 4.69) is 15.5 Å². The molecule has 0 saturated carbocycles. The first-order valence-electron chi connectivity index (χ1n) is 9.25. The van der Waals surface area contributed by atoms with E-state index < -0.39 is 0 Å². The lowest BCUT2D eigenvalue weighted by molar-refractivity contribution is -0.126. The molecule has 2 atom stereocenters. The Morgan fingerprint density at radius 2 is 2.12 bits per heavy atom. The summed E-state index contributed by atoms with van der Waals surface area (Å²) in [5, 5.41) is 6.39. The van der Waals surface area contributed by atoms with Gasteiger partial charge < -0.3 is 20.1 Å². The standard InChI is InChI=1S/C19H29N3O3/c1-14(22-9-3-4-16(13-22)20-2)19(23)21-8-7-15-5-6-17-18(12-15)25-11-10-24-17/h5-6,12,14,16,20H,3-4,7-11,13H2,1-2H3,(H,21,23). The molecule has 138 valence electrons. The fourth-order valence-corrected chi connectivity index (χ4v) is 3.48. The summed E-state index contributed by atoms with van der Waals surface area (Å²) in [4.78, 5) is 14.7. The molecule has 1 fully saturated rings. The molecule has 0 spiro atoms. The van der Waals surface area contributed by atoms with Crippen LogP contribution in [0.25, 0.3) is 0 Å². The summed E-state index contributed by atoms with van der Waals surface area (Å²) < 4.78 is 11.1. The largest absolute Gasteiger partial charge is 0.486 e. The second kappa shape index (κ2) is 8.54. The molecule has 1 aromatic carbocycles. The van der Waals surface area contributed by atoms with Crippen LogP contribution in [-0.4, -0.2) is 62.8 Å². The van der Waals surface area contributed by atoms with Crippen molar-refractivity contribution in [3.05, 3.63) is 23.8 Å². The van der Waals surface area contributed by atoms with Crippen molar-refractivity contribution in [1.82, 2.24) is 15.5 Å². The van der Waals surface area contributed by atoms with E-state index in [4.69, 9.17) is 9.47 Å². The lowest BCUT2D eigenvalue weighted by Gasteiger charge is -2.35. The molecule has 2 heterocycles. The van der Waals surface area contributed by atoms with Crippen LogP contribution in [0.5, 0.6) is 11.5 Å². The zero-order valence-electron chi connectivity index (χ0n) is 15.2. The van der Waals surface area contributed by atoms with E-state index in [0.29, 0.717) is 25.8 Å². The lowest BCUT2D eigenvalue weighted by atomic mass is 10.0. The van der Waals surface area contributed by atoms with Gasteiger partial charge in [-0.25, -0.2) is 0 Å². The highest BCUT2D eigenvalue weighted by molar-refractivity contribution is 5.81. The number of likely N-dealkylation sites (tertiary alicyclic amines) is 1. The van der Waals surface area contributed by atoms with E-state index >= 15 is 0 Å². The number of nitrogens with zero attached hydrogens (tertiary/aromatic N) is 1. The Hall–Kier alpha value is -1.79. The summed E-state index contributed by atoms with van der Waals surface area (Å²) >= 11 is 0. The minimum Gasteiger partial charge on any atom is -0.486 e. The van der Waals surface area contributed by atoms with Crippen LogP contribution >= 0.6 is 0 Å². The highest BCUT2D eigenvalue weighted by Crippen LogP contribution is 2.30. The van der Waals surface area contributed by atoms with Crippen LogP contribution in [0, 0.1) is 0 Å². The highest BCUT2D eigenvalue weighted by Gasteiger charge is 2.26. The molecule has 6 nitrogen and oxygen atoms in total. The quantitative estimate of drug-likeness (QED) is 0.809. The average Bonchev–Trinajstić information content (AvgIpc) is 2.67. The Labute approximate surface area is 149 Å². The van der Waals surface area contributed by atoms with Gasteiger partial charge in [0.25, 0.3) is 0 Å². The zero-order valence-corrected chi connectivity index (χ0v) is 15.2. The van der Waals surface area contributed by atoms with Crippen molar-refractivity contribution in [2.24, 2.45) is 0 Å². The first-order chi connectivity index (χ1) is 12.2. The number of amides is 1. The van der Waals surface area contributed by atoms with Gasteiger partial charge in [-0.2, -0.15) is 0 Å². The topological polar surface area (TPSA) is 62.8 Å². The molecule has 0 aromatic heterocycles. The number of nitrogens with one attached hydrogen (secondary N) is 2. The number of rotatable bonds is 6. The number of piperidine rings is 1. The third-order valence-corrected chi connectivity index (χ3v) is 5.11. The Bertz CT molecular complexity index is 593. The van der Waals surface area contributed by atoms with Gasteiger partial charge in [-0.1, -0.05) is 6.07 Å². The summed E-state index contributed by atoms with van der Waals surface area (Å²) in [6.45, 7) is 5.76. The van der Waals surface area contributed by atoms with Gasteiger partial charge in [0.1, 0.15) is 13.2 Å². The molecule has 2 N–H and O–H groups in total. The van der Waals surface area contributed by atoms with Gasteiger partial charge in [0.05, 0.1) is 6.04 Å². The van der Waals surface area contributed by atoms with E-state index in [0.717, 1.165) is 43.0 Å². The van der Waals surface area contributed by atoms with E-state index in [1.54, 1.807) is 0 Å². The van der Waals surface area contributed by atoms with Crippen LogP contribution in [0.4, 0.5) is 0 Å². The maximum absolute atomic E-state index is 12.4. The number of hydrogen-bond acceptors (Lipinski definition) is 5. The van der Waals surface area contributed by atoms with E-state index in [1.165, 1.54) is 6.42 Å². The van der Waals surface area contributed by atoms with Gasteiger partial charge in [-0.15, -0.1) is 0 Å². The molecule has 3 rings (SSSR count). The summed E-state index contributed by atoms with van der Waals surface area (Å²) in [5.74, 6) is 1.71. The number of ether oxygens (including phenoxy) is 2. The molecule has 1 amide bonds. The Morgan fingerprint density at radius 3 is 2.92 bits per heavy atom. The van der Waals surface area contributed by atoms with Gasteiger partial charge in [-0.3, -0.25) is 9.69 Å². The van der Waals surface area contributed by atoms with Crippen molar-refractivity contribution in [1.29, 1.82) is 0 Å². The monoisotopic (exact) mass is 347 g/mol. The number of fused-ring (bicyclic) bond motifs is 1. The second-order valence-corrected chi connectivity index (χ2v) is 6.82. The second-order valence-electron chi connectivity index (χ2n) is 6.82. The number of likely N-dealkylation sites (N-methyl/N-ethyl adjacent to an activating group) is 1. The van der Waals surface area contributed by atoms with Crippen LogP contribution < -0.4 is 20.1 Å². The normalized spacial score (nSPS) is 21.6. The lowest BCUT2D eigenvalue weighted by Crippen LogP contribution is -2.52. The maximum Gasteiger partial charge on any atom is 0.237 e. The first-order valence-corrected chi connectivity index (χ1v) is 9.25. The zero-order chi connectivity index (χ0) is 17.6. The van der Waals surface area contributed by atoms with Crippen molar-refractivity contribution in [2.45, 2.75) is 38.3 Å². The van der Waals surface area contributed by atoms with Crippen molar-refractivity contribution >= 4 is 5.91 Å². The van der Waals surface area contributed by atoms with Crippen LogP contribution in [-0.2, 0) is 11.2 Å². The minimum absolute atomic E-state index is 0.0867. The Balaban J connectivity index is 1.46. The third-order valence-electron chi connectivity index (χ3n) is 5.11. The molecule has 1 aromatic rings. The van der Waals surface area contributed by atoms with Crippen molar-refractivity contribution in [3.8, 4) is 11.5 Å². The molecule has 2 aliphatic heterocycles. The molecule has 2 unspecified atom stereocenters.